The van der Waals surface area contributed by atoms with E-state index in [1.807, 2.05) is 24.3 Å². The lowest BCUT2D eigenvalue weighted by molar-refractivity contribution is -0.105. The lowest BCUT2D eigenvalue weighted by Crippen LogP contribution is -1.98. The maximum atomic E-state index is 11.4. The van der Waals surface area contributed by atoms with Crippen LogP contribution in [0.15, 0.2) is 36.4 Å². The minimum Gasteiger partial charge on any atom is -0.328 e. The molecule has 1 N–H and O–H groups in total. The summed E-state index contributed by atoms with van der Waals surface area (Å²) < 4.78 is 0. The standard InChI is InChI=1S/C13H11NO2/c1-9(16)10-6-7-13(14-8-15)12-5-3-2-4-11(10)12/h2-8H,1H3,(H,14,15). The molecule has 16 heavy (non-hydrogen) atoms. The van der Waals surface area contributed by atoms with Gasteiger partial charge in [0.2, 0.25) is 6.41 Å². The molecule has 0 aromatic heterocycles. The number of hydrogen-bond donors (Lipinski definition) is 1. The molecule has 0 fully saturated rings. The number of anilines is 1. The lowest BCUT2D eigenvalue weighted by atomic mass is 10.0. The number of carbonyl (C=O) groups excluding carboxylic acids is 2. The molecule has 0 atom stereocenters. The fraction of sp³-hybridized carbons (Fsp3) is 0.0769. The number of fused-ring (bicyclic) bond motifs is 1. The highest BCUT2D eigenvalue weighted by molar-refractivity contribution is 6.11. The van der Waals surface area contributed by atoms with E-state index in [1.54, 1.807) is 12.1 Å². The third-order valence-corrected chi connectivity index (χ3v) is 2.52. The van der Waals surface area contributed by atoms with Gasteiger partial charge in [-0.25, -0.2) is 0 Å². The summed E-state index contributed by atoms with van der Waals surface area (Å²) in [6.07, 6.45) is 0.634. The van der Waals surface area contributed by atoms with Gasteiger partial charge in [-0.3, -0.25) is 9.59 Å². The SMILES string of the molecule is CC(=O)c1ccc(NC=O)c2ccccc12. The molecular formula is C13H11NO2. The molecule has 0 spiro atoms. The quantitative estimate of drug-likeness (QED) is 0.629. The predicted molar refractivity (Wildman–Crippen MR) is 63.6 cm³/mol. The van der Waals surface area contributed by atoms with Crippen LogP contribution in [0.3, 0.4) is 0 Å². The first kappa shape index (κ1) is 10.4. The first-order chi connectivity index (χ1) is 7.74. The van der Waals surface area contributed by atoms with Crippen LogP contribution < -0.4 is 5.32 Å². The lowest BCUT2D eigenvalue weighted by Gasteiger charge is -2.08. The monoisotopic (exact) mass is 213 g/mol. The number of benzene rings is 2. The molecule has 2 rings (SSSR count). The summed E-state index contributed by atoms with van der Waals surface area (Å²) in [6.45, 7) is 1.54. The van der Waals surface area contributed by atoms with E-state index in [2.05, 4.69) is 5.32 Å². The van der Waals surface area contributed by atoms with Gasteiger partial charge in [-0.15, -0.1) is 0 Å². The van der Waals surface area contributed by atoms with Crippen LogP contribution in [0.1, 0.15) is 17.3 Å². The van der Waals surface area contributed by atoms with E-state index in [1.165, 1.54) is 6.92 Å². The van der Waals surface area contributed by atoms with Crippen molar-refractivity contribution in [3.8, 4) is 0 Å². The van der Waals surface area contributed by atoms with Gasteiger partial charge in [-0.05, 0) is 24.4 Å². The van der Waals surface area contributed by atoms with Crippen molar-refractivity contribution in [1.29, 1.82) is 0 Å². The van der Waals surface area contributed by atoms with Crippen LogP contribution in [-0.2, 0) is 4.79 Å². The zero-order chi connectivity index (χ0) is 11.5. The average molecular weight is 213 g/mol. The smallest absolute Gasteiger partial charge is 0.211 e. The Morgan fingerprint density at radius 2 is 1.81 bits per heavy atom. The molecule has 0 radical (unpaired) electrons. The van der Waals surface area contributed by atoms with E-state index in [0.717, 1.165) is 16.5 Å². The predicted octanol–water partition coefficient (Wildman–Crippen LogP) is 2.61. The highest BCUT2D eigenvalue weighted by atomic mass is 16.1. The van der Waals surface area contributed by atoms with Gasteiger partial charge < -0.3 is 5.32 Å². The second-order valence-corrected chi connectivity index (χ2v) is 3.52. The number of hydrogen-bond acceptors (Lipinski definition) is 2. The molecule has 0 bridgehead atoms. The Balaban J connectivity index is 2.76. The summed E-state index contributed by atoms with van der Waals surface area (Å²) in [5.41, 5.74) is 1.39. The topological polar surface area (TPSA) is 46.2 Å². The van der Waals surface area contributed by atoms with E-state index in [0.29, 0.717) is 12.0 Å². The molecule has 3 heteroatoms. The van der Waals surface area contributed by atoms with Crippen LogP contribution in [0.5, 0.6) is 0 Å². The maximum absolute atomic E-state index is 11.4. The van der Waals surface area contributed by atoms with Crippen molar-refractivity contribution >= 4 is 28.7 Å². The van der Waals surface area contributed by atoms with Gasteiger partial charge in [0.1, 0.15) is 0 Å². The van der Waals surface area contributed by atoms with Crippen molar-refractivity contribution < 1.29 is 9.59 Å². The van der Waals surface area contributed by atoms with E-state index in [9.17, 15) is 9.59 Å². The Hall–Kier alpha value is -2.16. The molecule has 0 aliphatic rings. The Morgan fingerprint density at radius 3 is 2.44 bits per heavy atom. The third-order valence-electron chi connectivity index (χ3n) is 2.52. The van der Waals surface area contributed by atoms with Crippen molar-refractivity contribution in [3.63, 3.8) is 0 Å². The van der Waals surface area contributed by atoms with Crippen molar-refractivity contribution in [1.82, 2.24) is 0 Å². The Labute approximate surface area is 93.1 Å². The number of ketones is 1. The van der Waals surface area contributed by atoms with E-state index >= 15 is 0 Å². The second kappa shape index (κ2) is 4.14. The van der Waals surface area contributed by atoms with E-state index in [4.69, 9.17) is 0 Å². The van der Waals surface area contributed by atoms with Crippen LogP contribution in [-0.4, -0.2) is 12.2 Å². The highest BCUT2D eigenvalue weighted by Crippen LogP contribution is 2.26. The fourth-order valence-corrected chi connectivity index (χ4v) is 1.80. The molecule has 0 heterocycles. The van der Waals surface area contributed by atoms with Crippen molar-refractivity contribution in [2.24, 2.45) is 0 Å². The zero-order valence-corrected chi connectivity index (χ0v) is 8.86. The largest absolute Gasteiger partial charge is 0.328 e. The Morgan fingerprint density at radius 1 is 1.12 bits per heavy atom. The molecule has 1 amide bonds. The molecule has 0 saturated carbocycles. The molecule has 0 aliphatic heterocycles. The first-order valence-electron chi connectivity index (χ1n) is 4.97. The molecule has 0 aliphatic carbocycles. The van der Waals surface area contributed by atoms with Gasteiger partial charge >= 0.3 is 0 Å². The van der Waals surface area contributed by atoms with Gasteiger partial charge in [0.05, 0.1) is 0 Å². The summed E-state index contributed by atoms with van der Waals surface area (Å²) in [4.78, 5) is 21.9. The number of rotatable bonds is 3. The van der Waals surface area contributed by atoms with Gasteiger partial charge in [-0.2, -0.15) is 0 Å². The van der Waals surface area contributed by atoms with Crippen molar-refractivity contribution in [3.05, 3.63) is 42.0 Å². The normalized spacial score (nSPS) is 10.1. The molecular weight excluding hydrogens is 202 g/mol. The van der Waals surface area contributed by atoms with Crippen LogP contribution >= 0.6 is 0 Å². The molecule has 80 valence electrons. The van der Waals surface area contributed by atoms with Crippen LogP contribution in [0.2, 0.25) is 0 Å². The summed E-state index contributed by atoms with van der Waals surface area (Å²) in [5.74, 6) is 0.0221. The number of nitrogens with one attached hydrogen (secondary N) is 1. The van der Waals surface area contributed by atoms with Crippen LogP contribution in [0.4, 0.5) is 5.69 Å². The minimum atomic E-state index is 0.0221. The third kappa shape index (κ3) is 1.67. The van der Waals surface area contributed by atoms with Gasteiger partial charge in [0.25, 0.3) is 0 Å². The Kier molecular flexibility index (Phi) is 2.68. The molecule has 2 aromatic carbocycles. The van der Waals surface area contributed by atoms with Gasteiger partial charge in [0.15, 0.2) is 5.78 Å². The second-order valence-electron chi connectivity index (χ2n) is 3.52. The van der Waals surface area contributed by atoms with Crippen molar-refractivity contribution in [2.45, 2.75) is 6.92 Å². The first-order valence-corrected chi connectivity index (χ1v) is 4.97. The average Bonchev–Trinajstić information content (AvgIpc) is 2.29. The number of carbonyl (C=O) groups is 2. The highest BCUT2D eigenvalue weighted by Gasteiger charge is 2.07. The van der Waals surface area contributed by atoms with E-state index < -0.39 is 0 Å². The summed E-state index contributed by atoms with van der Waals surface area (Å²) in [7, 11) is 0. The molecule has 2 aromatic rings. The molecule has 0 saturated heterocycles. The van der Waals surface area contributed by atoms with Crippen LogP contribution in [0.25, 0.3) is 10.8 Å². The maximum Gasteiger partial charge on any atom is 0.211 e. The molecule has 3 nitrogen and oxygen atoms in total. The minimum absolute atomic E-state index is 0.0221. The number of Topliss-reactive ketones (excluding diaryl/α,β-unsaturated/α-hetero) is 1. The Bertz CT molecular complexity index is 561. The summed E-state index contributed by atoms with van der Waals surface area (Å²) >= 11 is 0. The summed E-state index contributed by atoms with van der Waals surface area (Å²) in [6, 6.07) is 11.0. The van der Waals surface area contributed by atoms with Gasteiger partial charge in [0, 0.05) is 16.6 Å². The van der Waals surface area contributed by atoms with Gasteiger partial charge in [-0.1, -0.05) is 24.3 Å². The molecule has 0 unspecified atom stereocenters. The summed E-state index contributed by atoms with van der Waals surface area (Å²) in [5, 5.41) is 4.36. The van der Waals surface area contributed by atoms with E-state index in [-0.39, 0.29) is 5.78 Å². The zero-order valence-electron chi connectivity index (χ0n) is 8.86. The van der Waals surface area contributed by atoms with Crippen LogP contribution in [0, 0.1) is 0 Å². The fourth-order valence-electron chi connectivity index (χ4n) is 1.80. The number of amides is 1. The van der Waals surface area contributed by atoms with Crippen molar-refractivity contribution in [2.75, 3.05) is 5.32 Å².